The first kappa shape index (κ1) is 17.0. The minimum Gasteiger partial charge on any atom is -0.337 e. The third-order valence-electron chi connectivity index (χ3n) is 5.19. The van der Waals surface area contributed by atoms with Gasteiger partial charge in [-0.25, -0.2) is 4.79 Å². The van der Waals surface area contributed by atoms with Gasteiger partial charge in [-0.1, -0.05) is 35.4 Å². The van der Waals surface area contributed by atoms with Crippen LogP contribution in [0.2, 0.25) is 5.15 Å². The number of urea groups is 1. The second kappa shape index (κ2) is 6.36. The molecule has 2 heterocycles. The average Bonchev–Trinajstić information content (AvgIpc) is 3.36. The normalized spacial score (nSPS) is 24.8. The lowest BCUT2D eigenvalue weighted by molar-refractivity contribution is -0.122. The van der Waals surface area contributed by atoms with Crippen LogP contribution in [0.25, 0.3) is 0 Å². The molecular weight excluding hydrogens is 352 g/mol. The molecule has 0 bridgehead atoms. The Hall–Kier alpha value is -2.47. The summed E-state index contributed by atoms with van der Waals surface area (Å²) in [6.07, 6.45) is 1.00. The molecule has 1 aromatic heterocycles. The van der Waals surface area contributed by atoms with Crippen LogP contribution in [-0.4, -0.2) is 28.7 Å². The molecule has 2 aliphatic rings. The number of nitrogens with one attached hydrogen (secondary N) is 2. The van der Waals surface area contributed by atoms with Gasteiger partial charge in [-0.05, 0) is 54.9 Å². The molecule has 2 N–H and O–H groups in total. The monoisotopic (exact) mass is 370 g/mol. The van der Waals surface area contributed by atoms with Gasteiger partial charge in [-0.3, -0.25) is 10.1 Å². The number of imide groups is 1. The van der Waals surface area contributed by atoms with Crippen LogP contribution in [0.1, 0.15) is 52.1 Å². The molecule has 7 heteroatoms. The zero-order chi connectivity index (χ0) is 18.4. The predicted octanol–water partition coefficient (Wildman–Crippen LogP) is 2.94. The first-order valence-electron chi connectivity index (χ1n) is 8.63. The molecule has 0 spiro atoms. The summed E-state index contributed by atoms with van der Waals surface area (Å²) in [5.41, 5.74) is 5.32. The van der Waals surface area contributed by atoms with E-state index in [4.69, 9.17) is 11.6 Å². The largest absolute Gasteiger partial charge is 0.337 e. The number of hydrogen-bond donors (Lipinski definition) is 2. The number of carbonyl (C=O) groups is 2. The van der Waals surface area contributed by atoms with E-state index in [-0.39, 0.29) is 18.4 Å². The molecule has 3 amide bonds. The first-order chi connectivity index (χ1) is 12.4. The maximum Gasteiger partial charge on any atom is 0.321 e. The van der Waals surface area contributed by atoms with E-state index in [1.807, 2.05) is 6.07 Å². The van der Waals surface area contributed by atoms with Gasteiger partial charge in [0, 0.05) is 6.54 Å². The van der Waals surface area contributed by atoms with Crippen LogP contribution in [0.5, 0.6) is 0 Å². The summed E-state index contributed by atoms with van der Waals surface area (Å²) in [4.78, 5) is 23.3. The summed E-state index contributed by atoms with van der Waals surface area (Å²) in [6.45, 7) is 4.43. The van der Waals surface area contributed by atoms with Crippen molar-refractivity contribution >= 4 is 23.5 Å². The fourth-order valence-corrected chi connectivity index (χ4v) is 3.96. The SMILES string of the molecule is Cc1ccc(C2CC2c2cc(C3CNC(=O)NC3=O)nnc2Cl)c(C)c1. The summed E-state index contributed by atoms with van der Waals surface area (Å²) in [7, 11) is 0. The fourth-order valence-electron chi connectivity index (χ4n) is 3.73. The molecule has 134 valence electrons. The summed E-state index contributed by atoms with van der Waals surface area (Å²) in [6, 6.07) is 7.89. The summed E-state index contributed by atoms with van der Waals surface area (Å²) in [5, 5.41) is 13.4. The minimum absolute atomic E-state index is 0.214. The number of aryl methyl sites for hydroxylation is 2. The van der Waals surface area contributed by atoms with E-state index in [1.54, 1.807) is 0 Å². The lowest BCUT2D eigenvalue weighted by Crippen LogP contribution is -2.51. The fraction of sp³-hybridized carbons (Fsp3) is 0.368. The molecule has 1 saturated carbocycles. The standard InChI is InChI=1S/C19H19ClN4O2/c1-9-3-4-11(10(2)5-9)12-6-13(12)14-7-16(23-24-17(14)20)15-8-21-19(26)22-18(15)25/h3-5,7,12-13,15H,6,8H2,1-2H3,(H2,21,22,25,26). The Labute approximate surface area is 156 Å². The van der Waals surface area contributed by atoms with Gasteiger partial charge in [0.05, 0.1) is 11.6 Å². The van der Waals surface area contributed by atoms with Crippen LogP contribution >= 0.6 is 11.6 Å². The quantitative estimate of drug-likeness (QED) is 0.870. The van der Waals surface area contributed by atoms with Gasteiger partial charge in [0.2, 0.25) is 5.91 Å². The molecule has 3 unspecified atom stereocenters. The zero-order valence-corrected chi connectivity index (χ0v) is 15.3. The van der Waals surface area contributed by atoms with Crippen LogP contribution in [0.4, 0.5) is 4.79 Å². The highest BCUT2D eigenvalue weighted by atomic mass is 35.5. The molecule has 0 radical (unpaired) electrons. The third-order valence-corrected chi connectivity index (χ3v) is 5.48. The van der Waals surface area contributed by atoms with Crippen molar-refractivity contribution in [3.63, 3.8) is 0 Å². The summed E-state index contributed by atoms with van der Waals surface area (Å²) in [5.74, 6) is -0.225. The van der Waals surface area contributed by atoms with Gasteiger partial charge in [0.25, 0.3) is 0 Å². The maximum absolute atomic E-state index is 12.1. The molecular formula is C19H19ClN4O2. The van der Waals surface area contributed by atoms with Gasteiger partial charge in [0.1, 0.15) is 0 Å². The van der Waals surface area contributed by atoms with E-state index in [9.17, 15) is 9.59 Å². The summed E-state index contributed by atoms with van der Waals surface area (Å²) >= 11 is 6.30. The van der Waals surface area contributed by atoms with Crippen molar-refractivity contribution in [1.82, 2.24) is 20.8 Å². The topological polar surface area (TPSA) is 84.0 Å². The molecule has 26 heavy (non-hydrogen) atoms. The van der Waals surface area contributed by atoms with Gasteiger partial charge >= 0.3 is 6.03 Å². The number of benzene rings is 1. The molecule has 1 aliphatic carbocycles. The van der Waals surface area contributed by atoms with E-state index in [0.717, 1.165) is 12.0 Å². The lowest BCUT2D eigenvalue weighted by Gasteiger charge is -2.21. The molecule has 1 saturated heterocycles. The lowest BCUT2D eigenvalue weighted by atomic mass is 9.97. The van der Waals surface area contributed by atoms with E-state index in [2.05, 4.69) is 52.9 Å². The van der Waals surface area contributed by atoms with Crippen LogP contribution in [-0.2, 0) is 4.79 Å². The highest BCUT2D eigenvalue weighted by molar-refractivity contribution is 6.30. The molecule has 1 aliphatic heterocycles. The van der Waals surface area contributed by atoms with Crippen molar-refractivity contribution in [1.29, 1.82) is 0 Å². The average molecular weight is 371 g/mol. The number of aromatic nitrogens is 2. The van der Waals surface area contributed by atoms with Crippen molar-refractivity contribution < 1.29 is 9.59 Å². The Morgan fingerprint density at radius 2 is 1.85 bits per heavy atom. The maximum atomic E-state index is 12.1. The first-order valence-corrected chi connectivity index (χ1v) is 9.00. The van der Waals surface area contributed by atoms with Crippen LogP contribution in [0.15, 0.2) is 24.3 Å². The Kier molecular flexibility index (Phi) is 4.15. The highest BCUT2D eigenvalue weighted by Crippen LogP contribution is 2.56. The van der Waals surface area contributed by atoms with Gasteiger partial charge in [0.15, 0.2) is 5.15 Å². The Balaban J connectivity index is 1.60. The molecule has 2 fully saturated rings. The summed E-state index contributed by atoms with van der Waals surface area (Å²) < 4.78 is 0. The second-order valence-corrected chi connectivity index (χ2v) is 7.43. The number of carbonyl (C=O) groups excluding carboxylic acids is 2. The van der Waals surface area contributed by atoms with Crippen molar-refractivity contribution in [3.05, 3.63) is 57.4 Å². The van der Waals surface area contributed by atoms with Gasteiger partial charge in [-0.15, -0.1) is 5.10 Å². The third kappa shape index (κ3) is 3.05. The predicted molar refractivity (Wildman–Crippen MR) is 97.3 cm³/mol. The van der Waals surface area contributed by atoms with Crippen molar-refractivity contribution in [2.45, 2.75) is 38.0 Å². The number of rotatable bonds is 3. The smallest absolute Gasteiger partial charge is 0.321 e. The Morgan fingerprint density at radius 3 is 2.58 bits per heavy atom. The Morgan fingerprint density at radius 1 is 1.08 bits per heavy atom. The van der Waals surface area contributed by atoms with Gasteiger partial charge < -0.3 is 5.32 Å². The van der Waals surface area contributed by atoms with Crippen LogP contribution in [0.3, 0.4) is 0 Å². The zero-order valence-electron chi connectivity index (χ0n) is 14.5. The number of nitrogens with zero attached hydrogens (tertiary/aromatic N) is 2. The molecule has 3 atom stereocenters. The Bertz CT molecular complexity index is 914. The molecule has 2 aromatic rings. The number of amides is 3. The van der Waals surface area contributed by atoms with Crippen molar-refractivity contribution in [2.75, 3.05) is 6.54 Å². The molecule has 6 nitrogen and oxygen atoms in total. The molecule has 4 rings (SSSR count). The van der Waals surface area contributed by atoms with Crippen molar-refractivity contribution in [3.8, 4) is 0 Å². The van der Waals surface area contributed by atoms with Crippen molar-refractivity contribution in [2.24, 2.45) is 0 Å². The highest BCUT2D eigenvalue weighted by Gasteiger charge is 2.42. The van der Waals surface area contributed by atoms with Gasteiger partial charge in [-0.2, -0.15) is 5.10 Å². The molecule has 1 aromatic carbocycles. The minimum atomic E-state index is -0.547. The van der Waals surface area contributed by atoms with Crippen LogP contribution < -0.4 is 10.6 Å². The van der Waals surface area contributed by atoms with E-state index in [1.165, 1.54) is 16.7 Å². The number of halogens is 1. The number of hydrogen-bond acceptors (Lipinski definition) is 4. The van der Waals surface area contributed by atoms with E-state index in [0.29, 0.717) is 16.8 Å². The van der Waals surface area contributed by atoms with E-state index >= 15 is 0 Å². The van der Waals surface area contributed by atoms with Crippen LogP contribution in [0, 0.1) is 13.8 Å². The second-order valence-electron chi connectivity index (χ2n) is 7.08. The van der Waals surface area contributed by atoms with E-state index < -0.39 is 11.9 Å².